The van der Waals surface area contributed by atoms with Gasteiger partial charge in [-0.2, -0.15) is 0 Å². The lowest BCUT2D eigenvalue weighted by atomic mass is 10.1. The number of rotatable bonds is 5. The van der Waals surface area contributed by atoms with Gasteiger partial charge in [-0.3, -0.25) is 0 Å². The molecule has 0 spiro atoms. The van der Waals surface area contributed by atoms with Gasteiger partial charge >= 0.3 is 0 Å². The largest absolute Gasteiger partial charge is 0.324 e. The van der Waals surface area contributed by atoms with Crippen LogP contribution in [0.2, 0.25) is 0 Å². The Kier molecular flexibility index (Phi) is 4.38. The Balaban J connectivity index is 1.96. The summed E-state index contributed by atoms with van der Waals surface area (Å²) in [6.07, 6.45) is 6.63. The van der Waals surface area contributed by atoms with Gasteiger partial charge in [-0.1, -0.05) is 61.4 Å². The molecule has 0 amide bonds. The van der Waals surface area contributed by atoms with Gasteiger partial charge in [0.15, 0.2) is 0 Å². The summed E-state index contributed by atoms with van der Waals surface area (Å²) < 4.78 is 2.32. The number of aryl methyl sites for hydroxylation is 2. The number of benzene rings is 2. The molecule has 0 radical (unpaired) electrons. The summed E-state index contributed by atoms with van der Waals surface area (Å²) in [4.78, 5) is 4.77. The lowest BCUT2D eigenvalue weighted by Gasteiger charge is -2.05. The third-order valence-corrected chi connectivity index (χ3v) is 3.92. The molecule has 0 unspecified atom stereocenters. The van der Waals surface area contributed by atoms with E-state index in [0.717, 1.165) is 17.9 Å². The van der Waals surface area contributed by atoms with E-state index in [1.165, 1.54) is 29.5 Å². The maximum absolute atomic E-state index is 4.77. The van der Waals surface area contributed by atoms with Crippen LogP contribution in [0.5, 0.6) is 0 Å². The molecule has 112 valence electrons. The molecule has 0 saturated heterocycles. The SMILES string of the molecule is CCCCn1c(/C=C/c2ccc(C)cc2)nc2ccccc21. The molecule has 0 fully saturated rings. The number of hydrogen-bond donors (Lipinski definition) is 0. The molecule has 2 nitrogen and oxygen atoms in total. The van der Waals surface area contributed by atoms with E-state index in [1.807, 2.05) is 6.07 Å². The Morgan fingerprint density at radius 1 is 1.00 bits per heavy atom. The van der Waals surface area contributed by atoms with Crippen LogP contribution in [-0.4, -0.2) is 9.55 Å². The van der Waals surface area contributed by atoms with Gasteiger partial charge in [0.25, 0.3) is 0 Å². The lowest BCUT2D eigenvalue weighted by molar-refractivity contribution is 0.641. The predicted molar refractivity (Wildman–Crippen MR) is 94.7 cm³/mol. The average Bonchev–Trinajstić information content (AvgIpc) is 2.90. The van der Waals surface area contributed by atoms with Crippen molar-refractivity contribution in [1.82, 2.24) is 9.55 Å². The fraction of sp³-hybridized carbons (Fsp3) is 0.250. The Labute approximate surface area is 132 Å². The Morgan fingerprint density at radius 2 is 1.77 bits per heavy atom. The van der Waals surface area contributed by atoms with Crippen molar-refractivity contribution >= 4 is 23.2 Å². The van der Waals surface area contributed by atoms with Crippen LogP contribution in [-0.2, 0) is 6.54 Å². The zero-order valence-corrected chi connectivity index (χ0v) is 13.3. The number of aromatic nitrogens is 2. The van der Waals surface area contributed by atoms with Crippen LogP contribution in [0.25, 0.3) is 23.2 Å². The summed E-state index contributed by atoms with van der Waals surface area (Å²) in [5.41, 5.74) is 4.79. The topological polar surface area (TPSA) is 17.8 Å². The van der Waals surface area contributed by atoms with Gasteiger partial charge in [0.05, 0.1) is 11.0 Å². The molecular formula is C20H22N2. The molecule has 0 aliphatic rings. The minimum Gasteiger partial charge on any atom is -0.324 e. The first-order valence-corrected chi connectivity index (χ1v) is 7.98. The quantitative estimate of drug-likeness (QED) is 0.622. The van der Waals surface area contributed by atoms with E-state index >= 15 is 0 Å². The molecule has 0 aliphatic carbocycles. The van der Waals surface area contributed by atoms with Crippen molar-refractivity contribution in [3.05, 3.63) is 65.5 Å². The van der Waals surface area contributed by atoms with Gasteiger partial charge in [-0.15, -0.1) is 0 Å². The van der Waals surface area contributed by atoms with Crippen LogP contribution in [0, 0.1) is 6.92 Å². The smallest absolute Gasteiger partial charge is 0.133 e. The van der Waals surface area contributed by atoms with Crippen molar-refractivity contribution in [2.24, 2.45) is 0 Å². The highest BCUT2D eigenvalue weighted by Crippen LogP contribution is 2.19. The van der Waals surface area contributed by atoms with Gasteiger partial charge in [-0.05, 0) is 37.1 Å². The first-order valence-electron chi connectivity index (χ1n) is 7.98. The van der Waals surface area contributed by atoms with Crippen LogP contribution in [0.4, 0.5) is 0 Å². The van der Waals surface area contributed by atoms with Crippen LogP contribution >= 0.6 is 0 Å². The van der Waals surface area contributed by atoms with Crippen LogP contribution in [0.1, 0.15) is 36.7 Å². The van der Waals surface area contributed by atoms with Crippen molar-refractivity contribution in [3.8, 4) is 0 Å². The van der Waals surface area contributed by atoms with Gasteiger partial charge < -0.3 is 4.57 Å². The van der Waals surface area contributed by atoms with Crippen molar-refractivity contribution in [2.75, 3.05) is 0 Å². The van der Waals surface area contributed by atoms with Crippen molar-refractivity contribution in [2.45, 2.75) is 33.2 Å². The number of hydrogen-bond acceptors (Lipinski definition) is 1. The summed E-state index contributed by atoms with van der Waals surface area (Å²) >= 11 is 0. The molecule has 22 heavy (non-hydrogen) atoms. The molecule has 2 heteroatoms. The zero-order chi connectivity index (χ0) is 15.4. The van der Waals surface area contributed by atoms with E-state index in [-0.39, 0.29) is 0 Å². The third-order valence-electron chi connectivity index (χ3n) is 3.92. The third kappa shape index (κ3) is 3.11. The molecular weight excluding hydrogens is 268 g/mol. The first-order chi connectivity index (χ1) is 10.8. The molecule has 3 rings (SSSR count). The predicted octanol–water partition coefficient (Wildman–Crippen LogP) is 5.32. The molecule has 0 N–H and O–H groups in total. The van der Waals surface area contributed by atoms with Crippen LogP contribution in [0.15, 0.2) is 48.5 Å². The fourth-order valence-corrected chi connectivity index (χ4v) is 2.62. The highest BCUT2D eigenvalue weighted by atomic mass is 15.1. The minimum absolute atomic E-state index is 1.02. The molecule has 1 aromatic heterocycles. The van der Waals surface area contributed by atoms with Crippen molar-refractivity contribution in [3.63, 3.8) is 0 Å². The lowest BCUT2D eigenvalue weighted by Crippen LogP contribution is -2.00. The Hall–Kier alpha value is -2.35. The molecule has 0 atom stereocenters. The molecule has 0 bridgehead atoms. The van der Waals surface area contributed by atoms with Gasteiger partial charge in [0.2, 0.25) is 0 Å². The monoisotopic (exact) mass is 290 g/mol. The Bertz CT molecular complexity index is 779. The number of unbranched alkanes of at least 4 members (excludes halogenated alkanes) is 1. The zero-order valence-electron chi connectivity index (χ0n) is 13.3. The maximum Gasteiger partial charge on any atom is 0.133 e. The molecule has 1 heterocycles. The molecule has 0 aliphatic heterocycles. The number of imidazole rings is 1. The number of fused-ring (bicyclic) bond motifs is 1. The molecule has 3 aromatic rings. The van der Waals surface area contributed by atoms with Crippen molar-refractivity contribution < 1.29 is 0 Å². The minimum atomic E-state index is 1.02. The van der Waals surface area contributed by atoms with Crippen LogP contribution < -0.4 is 0 Å². The highest BCUT2D eigenvalue weighted by molar-refractivity contribution is 5.79. The summed E-state index contributed by atoms with van der Waals surface area (Å²) in [5, 5.41) is 0. The van der Waals surface area contributed by atoms with E-state index in [4.69, 9.17) is 4.98 Å². The summed E-state index contributed by atoms with van der Waals surface area (Å²) in [6, 6.07) is 16.9. The standard InChI is InChI=1S/C20H22N2/c1-3-4-15-22-19-8-6-5-7-18(19)21-20(22)14-13-17-11-9-16(2)10-12-17/h5-14H,3-4,15H2,1-2H3/b14-13+. The average molecular weight is 290 g/mol. The van der Waals surface area contributed by atoms with Gasteiger partial charge in [0, 0.05) is 6.54 Å². The number of para-hydroxylation sites is 2. The first kappa shape index (κ1) is 14.6. The van der Waals surface area contributed by atoms with Gasteiger partial charge in [0.1, 0.15) is 5.82 Å². The summed E-state index contributed by atoms with van der Waals surface area (Å²) in [5.74, 6) is 1.04. The van der Waals surface area contributed by atoms with E-state index < -0.39 is 0 Å². The fourth-order valence-electron chi connectivity index (χ4n) is 2.62. The summed E-state index contributed by atoms with van der Waals surface area (Å²) in [7, 11) is 0. The van der Waals surface area contributed by atoms with E-state index in [2.05, 4.69) is 73.0 Å². The second-order valence-electron chi connectivity index (χ2n) is 5.71. The van der Waals surface area contributed by atoms with E-state index in [1.54, 1.807) is 0 Å². The normalized spacial score (nSPS) is 11.5. The highest BCUT2D eigenvalue weighted by Gasteiger charge is 2.07. The second-order valence-corrected chi connectivity index (χ2v) is 5.71. The number of nitrogens with zero attached hydrogens (tertiary/aromatic N) is 2. The van der Waals surface area contributed by atoms with E-state index in [0.29, 0.717) is 0 Å². The van der Waals surface area contributed by atoms with Crippen LogP contribution in [0.3, 0.4) is 0 Å². The Morgan fingerprint density at radius 3 is 2.55 bits per heavy atom. The second kappa shape index (κ2) is 6.61. The maximum atomic E-state index is 4.77. The van der Waals surface area contributed by atoms with Crippen molar-refractivity contribution in [1.29, 1.82) is 0 Å². The molecule has 0 saturated carbocycles. The van der Waals surface area contributed by atoms with Gasteiger partial charge in [-0.25, -0.2) is 4.98 Å². The molecule has 2 aromatic carbocycles. The van der Waals surface area contributed by atoms with E-state index in [9.17, 15) is 0 Å². The summed E-state index contributed by atoms with van der Waals surface area (Å²) in [6.45, 7) is 5.35.